The average molecular weight is 176 g/mol. The second-order valence-corrected chi connectivity index (χ2v) is 2.19. The van der Waals surface area contributed by atoms with E-state index in [4.69, 9.17) is 16.7 Å². The first-order valence-corrected chi connectivity index (χ1v) is 3.03. The van der Waals surface area contributed by atoms with Crippen LogP contribution in [0.3, 0.4) is 0 Å². The van der Waals surface area contributed by atoms with Gasteiger partial charge in [-0.3, -0.25) is 4.98 Å². The van der Waals surface area contributed by atoms with Crippen molar-refractivity contribution in [2.75, 3.05) is 0 Å². The number of nitrogens with zero attached hydrogens (tertiary/aromatic N) is 1. The van der Waals surface area contributed by atoms with Gasteiger partial charge in [0.15, 0.2) is 5.82 Å². The van der Waals surface area contributed by atoms with Crippen LogP contribution in [0.15, 0.2) is 12.4 Å². The van der Waals surface area contributed by atoms with Crippen molar-refractivity contribution in [2.24, 2.45) is 0 Å². The number of carboxylic acid groups (broad SMARTS) is 1. The summed E-state index contributed by atoms with van der Waals surface area (Å²) in [5.74, 6) is -2.32. The molecule has 0 amide bonds. The lowest BCUT2D eigenvalue weighted by atomic mass is 10.2. The number of halogens is 2. The Morgan fingerprint density at radius 1 is 1.64 bits per heavy atom. The standard InChI is InChI=1S/C6H3ClFNO2/c7-3-1-9-2-4(8)5(3)6(10)11/h1-2H,(H,10,11). The van der Waals surface area contributed by atoms with Gasteiger partial charge < -0.3 is 5.11 Å². The molecule has 11 heavy (non-hydrogen) atoms. The van der Waals surface area contributed by atoms with Gasteiger partial charge in [0.25, 0.3) is 0 Å². The van der Waals surface area contributed by atoms with E-state index in [-0.39, 0.29) is 5.02 Å². The number of rotatable bonds is 1. The lowest BCUT2D eigenvalue weighted by Gasteiger charge is -1.96. The lowest BCUT2D eigenvalue weighted by Crippen LogP contribution is -2.01. The first kappa shape index (κ1) is 7.94. The SMILES string of the molecule is O=C(O)c1c(F)cncc1Cl. The highest BCUT2D eigenvalue weighted by molar-refractivity contribution is 6.33. The van der Waals surface area contributed by atoms with Crippen molar-refractivity contribution in [2.45, 2.75) is 0 Å². The van der Waals surface area contributed by atoms with Gasteiger partial charge in [0.1, 0.15) is 5.56 Å². The van der Waals surface area contributed by atoms with E-state index < -0.39 is 17.3 Å². The molecule has 3 nitrogen and oxygen atoms in total. The molecule has 0 unspecified atom stereocenters. The van der Waals surface area contributed by atoms with Crippen LogP contribution in [0.25, 0.3) is 0 Å². The number of carbonyl (C=O) groups is 1. The van der Waals surface area contributed by atoms with Gasteiger partial charge in [0.2, 0.25) is 0 Å². The maximum Gasteiger partial charge on any atom is 0.340 e. The molecule has 1 aromatic heterocycles. The molecule has 0 spiro atoms. The van der Waals surface area contributed by atoms with Crippen LogP contribution in [0.5, 0.6) is 0 Å². The van der Waals surface area contributed by atoms with E-state index in [1.165, 1.54) is 0 Å². The van der Waals surface area contributed by atoms with Crippen LogP contribution >= 0.6 is 11.6 Å². The summed E-state index contributed by atoms with van der Waals surface area (Å²) in [6.07, 6.45) is 1.88. The summed E-state index contributed by atoms with van der Waals surface area (Å²) in [5.41, 5.74) is -0.540. The zero-order chi connectivity index (χ0) is 8.43. The Balaban J connectivity index is 3.32. The van der Waals surface area contributed by atoms with Gasteiger partial charge in [-0.05, 0) is 0 Å². The molecule has 1 aromatic rings. The fourth-order valence-corrected chi connectivity index (χ4v) is 0.843. The third kappa shape index (κ3) is 1.46. The highest BCUT2D eigenvalue weighted by Crippen LogP contribution is 2.16. The second kappa shape index (κ2) is 2.84. The minimum absolute atomic E-state index is 0.197. The fourth-order valence-electron chi connectivity index (χ4n) is 0.616. The van der Waals surface area contributed by atoms with Crippen LogP contribution in [0.4, 0.5) is 4.39 Å². The van der Waals surface area contributed by atoms with Crippen molar-refractivity contribution < 1.29 is 14.3 Å². The van der Waals surface area contributed by atoms with E-state index in [9.17, 15) is 9.18 Å². The number of aromatic carboxylic acids is 1. The monoisotopic (exact) mass is 175 g/mol. The topological polar surface area (TPSA) is 50.2 Å². The molecule has 5 heteroatoms. The van der Waals surface area contributed by atoms with E-state index in [2.05, 4.69) is 4.98 Å². The van der Waals surface area contributed by atoms with Gasteiger partial charge in [0.05, 0.1) is 11.2 Å². The normalized spacial score (nSPS) is 9.64. The van der Waals surface area contributed by atoms with Crippen molar-refractivity contribution in [1.29, 1.82) is 0 Å². The van der Waals surface area contributed by atoms with Crippen molar-refractivity contribution in [3.05, 3.63) is 28.8 Å². The molecule has 0 radical (unpaired) electrons. The van der Waals surface area contributed by atoms with Crippen molar-refractivity contribution in [1.82, 2.24) is 4.98 Å². The first-order chi connectivity index (χ1) is 5.13. The summed E-state index contributed by atoms with van der Waals surface area (Å²) in [7, 11) is 0. The summed E-state index contributed by atoms with van der Waals surface area (Å²) in [4.78, 5) is 13.6. The van der Waals surface area contributed by atoms with Crippen LogP contribution in [-0.2, 0) is 0 Å². The number of carboxylic acids is 1. The molecule has 1 heterocycles. The Bertz CT molecular complexity index is 282. The van der Waals surface area contributed by atoms with Crippen molar-refractivity contribution >= 4 is 17.6 Å². The molecule has 0 bridgehead atoms. The first-order valence-electron chi connectivity index (χ1n) is 2.65. The smallest absolute Gasteiger partial charge is 0.340 e. The Labute approximate surface area is 66.4 Å². The van der Waals surface area contributed by atoms with E-state index in [1.54, 1.807) is 0 Å². The van der Waals surface area contributed by atoms with E-state index >= 15 is 0 Å². The van der Waals surface area contributed by atoms with Crippen LogP contribution < -0.4 is 0 Å². The number of hydrogen-bond donors (Lipinski definition) is 1. The zero-order valence-electron chi connectivity index (χ0n) is 5.21. The minimum atomic E-state index is -1.39. The molecular formula is C6H3ClFNO2. The Morgan fingerprint density at radius 3 is 2.64 bits per heavy atom. The van der Waals surface area contributed by atoms with Gasteiger partial charge >= 0.3 is 5.97 Å². The summed E-state index contributed by atoms with van der Waals surface area (Å²) in [5, 5.41) is 8.20. The molecule has 0 aliphatic carbocycles. The summed E-state index contributed by atoms with van der Waals surface area (Å²) >= 11 is 5.34. The molecule has 0 fully saturated rings. The molecule has 0 aliphatic heterocycles. The molecule has 0 saturated heterocycles. The highest BCUT2D eigenvalue weighted by Gasteiger charge is 2.14. The maximum absolute atomic E-state index is 12.6. The quantitative estimate of drug-likeness (QED) is 0.705. The van der Waals surface area contributed by atoms with Crippen LogP contribution in [-0.4, -0.2) is 16.1 Å². The number of hydrogen-bond acceptors (Lipinski definition) is 2. The van der Waals surface area contributed by atoms with E-state index in [1.807, 2.05) is 0 Å². The minimum Gasteiger partial charge on any atom is -0.478 e. The third-order valence-corrected chi connectivity index (χ3v) is 1.35. The summed E-state index contributed by atoms with van der Waals surface area (Å²) in [6.45, 7) is 0. The van der Waals surface area contributed by atoms with Gasteiger partial charge in [0, 0.05) is 6.20 Å². The Kier molecular flexibility index (Phi) is 2.05. The Hall–Kier alpha value is -1.16. The lowest BCUT2D eigenvalue weighted by molar-refractivity contribution is 0.0692. The molecule has 1 rings (SSSR count). The number of pyridine rings is 1. The van der Waals surface area contributed by atoms with Gasteiger partial charge in [-0.25, -0.2) is 9.18 Å². The molecule has 1 N–H and O–H groups in total. The summed E-state index contributed by atoms with van der Waals surface area (Å²) in [6, 6.07) is 0. The molecule has 0 aromatic carbocycles. The van der Waals surface area contributed by atoms with Crippen molar-refractivity contribution in [3.8, 4) is 0 Å². The predicted molar refractivity (Wildman–Crippen MR) is 36.2 cm³/mol. The molecule has 0 saturated carbocycles. The molecule has 0 atom stereocenters. The van der Waals surface area contributed by atoms with Gasteiger partial charge in [-0.15, -0.1) is 0 Å². The van der Waals surface area contributed by atoms with Crippen LogP contribution in [0, 0.1) is 5.82 Å². The Morgan fingerprint density at radius 2 is 2.27 bits per heavy atom. The average Bonchev–Trinajstić information content (AvgIpc) is 1.85. The van der Waals surface area contributed by atoms with Crippen LogP contribution in [0.2, 0.25) is 5.02 Å². The summed E-state index contributed by atoms with van der Waals surface area (Å²) < 4.78 is 12.6. The third-order valence-electron chi connectivity index (χ3n) is 1.07. The van der Waals surface area contributed by atoms with E-state index in [0.29, 0.717) is 0 Å². The largest absolute Gasteiger partial charge is 0.478 e. The van der Waals surface area contributed by atoms with Gasteiger partial charge in [-0.1, -0.05) is 11.6 Å². The van der Waals surface area contributed by atoms with Gasteiger partial charge in [-0.2, -0.15) is 0 Å². The molecule has 58 valence electrons. The maximum atomic E-state index is 12.6. The van der Waals surface area contributed by atoms with E-state index in [0.717, 1.165) is 12.4 Å². The highest BCUT2D eigenvalue weighted by atomic mass is 35.5. The second-order valence-electron chi connectivity index (χ2n) is 1.78. The molecular weight excluding hydrogens is 173 g/mol. The van der Waals surface area contributed by atoms with Crippen molar-refractivity contribution in [3.63, 3.8) is 0 Å². The predicted octanol–water partition coefficient (Wildman–Crippen LogP) is 1.57. The zero-order valence-corrected chi connectivity index (χ0v) is 5.97. The number of aromatic nitrogens is 1. The fraction of sp³-hybridized carbons (Fsp3) is 0. The molecule has 0 aliphatic rings. The van der Waals surface area contributed by atoms with Crippen LogP contribution in [0.1, 0.15) is 10.4 Å².